The summed E-state index contributed by atoms with van der Waals surface area (Å²) >= 11 is 2.23. The zero-order chi connectivity index (χ0) is 12.5. The van der Waals surface area contributed by atoms with Crippen LogP contribution in [-0.2, 0) is 0 Å². The third-order valence-corrected chi connectivity index (χ3v) is 10.9. The van der Waals surface area contributed by atoms with Gasteiger partial charge in [0.2, 0.25) is 0 Å². The van der Waals surface area contributed by atoms with Gasteiger partial charge in [-0.05, 0) is 39.2 Å². The standard InChI is InChI=1S/C12H22INOSi/c1-8(2)16(9(3)4,10(5)6)12-14-11(13)7-15-12/h7-10H,1-6H3. The molecule has 0 aliphatic carbocycles. The molecular weight excluding hydrogens is 329 g/mol. The average molecular weight is 351 g/mol. The number of rotatable bonds is 4. The molecule has 0 spiro atoms. The van der Waals surface area contributed by atoms with Gasteiger partial charge in [0.25, 0.3) is 0 Å². The number of halogens is 1. The van der Waals surface area contributed by atoms with Gasteiger partial charge in [-0.3, -0.25) is 0 Å². The Morgan fingerprint density at radius 1 is 1.06 bits per heavy atom. The van der Waals surface area contributed by atoms with E-state index in [1.165, 1.54) is 0 Å². The van der Waals surface area contributed by atoms with Crippen molar-refractivity contribution in [2.75, 3.05) is 0 Å². The first-order valence-electron chi connectivity index (χ1n) is 5.94. The summed E-state index contributed by atoms with van der Waals surface area (Å²) in [6.45, 7) is 13.9. The van der Waals surface area contributed by atoms with Crippen LogP contribution < -0.4 is 5.51 Å². The molecule has 0 radical (unpaired) electrons. The van der Waals surface area contributed by atoms with E-state index in [-0.39, 0.29) is 0 Å². The Hall–Kier alpha value is 0.157. The van der Waals surface area contributed by atoms with Crippen LogP contribution in [0.4, 0.5) is 0 Å². The van der Waals surface area contributed by atoms with E-state index in [1.807, 2.05) is 0 Å². The highest BCUT2D eigenvalue weighted by Crippen LogP contribution is 2.40. The molecule has 0 aliphatic rings. The lowest BCUT2D eigenvalue weighted by Gasteiger charge is -2.39. The van der Waals surface area contributed by atoms with Crippen LogP contribution in [0.25, 0.3) is 0 Å². The maximum atomic E-state index is 5.76. The molecule has 1 heterocycles. The summed E-state index contributed by atoms with van der Waals surface area (Å²) in [4.78, 5) is 4.63. The third-order valence-electron chi connectivity index (χ3n) is 3.71. The molecule has 0 N–H and O–H groups in total. The van der Waals surface area contributed by atoms with E-state index in [4.69, 9.17) is 4.42 Å². The van der Waals surface area contributed by atoms with Crippen LogP contribution >= 0.6 is 22.6 Å². The zero-order valence-electron chi connectivity index (χ0n) is 11.0. The summed E-state index contributed by atoms with van der Waals surface area (Å²) in [5.41, 5.74) is 3.00. The van der Waals surface area contributed by atoms with Crippen LogP contribution in [0.3, 0.4) is 0 Å². The monoisotopic (exact) mass is 351 g/mol. The molecule has 0 amide bonds. The Morgan fingerprint density at radius 3 is 1.75 bits per heavy atom. The molecule has 0 fully saturated rings. The minimum Gasteiger partial charge on any atom is -0.453 e. The molecule has 92 valence electrons. The van der Waals surface area contributed by atoms with Crippen molar-refractivity contribution in [1.29, 1.82) is 0 Å². The van der Waals surface area contributed by atoms with Gasteiger partial charge in [-0.2, -0.15) is 0 Å². The molecule has 2 nitrogen and oxygen atoms in total. The Balaban J connectivity index is 3.33. The predicted octanol–water partition coefficient (Wildman–Crippen LogP) is 4.17. The van der Waals surface area contributed by atoms with Gasteiger partial charge in [-0.15, -0.1) is 0 Å². The number of aromatic nitrogens is 1. The van der Waals surface area contributed by atoms with Crippen molar-refractivity contribution in [3.8, 4) is 0 Å². The first kappa shape index (κ1) is 14.2. The van der Waals surface area contributed by atoms with Crippen LogP contribution in [-0.4, -0.2) is 13.1 Å². The van der Waals surface area contributed by atoms with Gasteiger partial charge in [0.15, 0.2) is 13.6 Å². The Bertz CT molecular complexity index is 325. The van der Waals surface area contributed by atoms with E-state index in [9.17, 15) is 0 Å². The molecule has 0 aliphatic heterocycles. The minimum absolute atomic E-state index is 0.655. The summed E-state index contributed by atoms with van der Waals surface area (Å²) in [5, 5.41) is 0. The van der Waals surface area contributed by atoms with Gasteiger partial charge in [0.05, 0.1) is 0 Å². The third kappa shape index (κ3) is 2.23. The Labute approximate surface area is 113 Å². The van der Waals surface area contributed by atoms with Crippen LogP contribution in [0.15, 0.2) is 10.7 Å². The summed E-state index contributed by atoms with van der Waals surface area (Å²) in [6, 6.07) is 0. The van der Waals surface area contributed by atoms with E-state index < -0.39 is 8.07 Å². The quantitative estimate of drug-likeness (QED) is 0.601. The van der Waals surface area contributed by atoms with Gasteiger partial charge in [0, 0.05) is 0 Å². The number of oxazole rings is 1. The summed E-state index contributed by atoms with van der Waals surface area (Å²) < 4.78 is 6.73. The van der Waals surface area contributed by atoms with Gasteiger partial charge in [-0.25, -0.2) is 4.98 Å². The molecular formula is C12H22INOSi. The van der Waals surface area contributed by atoms with Crippen molar-refractivity contribution >= 4 is 36.2 Å². The van der Waals surface area contributed by atoms with E-state index in [0.717, 1.165) is 9.21 Å². The van der Waals surface area contributed by atoms with Gasteiger partial charge in [-0.1, -0.05) is 41.5 Å². The van der Waals surface area contributed by atoms with Crippen molar-refractivity contribution in [3.05, 3.63) is 9.96 Å². The zero-order valence-corrected chi connectivity index (χ0v) is 14.2. The van der Waals surface area contributed by atoms with Crippen LogP contribution in [0.2, 0.25) is 16.6 Å². The highest BCUT2D eigenvalue weighted by atomic mass is 127. The molecule has 1 aromatic heterocycles. The Kier molecular flexibility index (Phi) is 4.63. The van der Waals surface area contributed by atoms with Crippen molar-refractivity contribution in [1.82, 2.24) is 4.98 Å². The van der Waals surface area contributed by atoms with E-state index in [1.54, 1.807) is 6.26 Å². The van der Waals surface area contributed by atoms with E-state index >= 15 is 0 Å². The molecule has 0 unspecified atom stereocenters. The lowest BCUT2D eigenvalue weighted by molar-refractivity contribution is 0.579. The molecule has 0 saturated carbocycles. The summed E-state index contributed by atoms with van der Waals surface area (Å²) in [6.07, 6.45) is 1.78. The lowest BCUT2D eigenvalue weighted by atomic mass is 10.5. The van der Waals surface area contributed by atoms with Gasteiger partial charge < -0.3 is 4.42 Å². The van der Waals surface area contributed by atoms with Crippen LogP contribution in [0, 0.1) is 3.70 Å². The number of nitrogens with zero attached hydrogens (tertiary/aromatic N) is 1. The SMILES string of the molecule is CC(C)[Si](c1nc(I)co1)(C(C)C)C(C)C. The molecule has 0 bridgehead atoms. The fourth-order valence-electron chi connectivity index (χ4n) is 3.19. The van der Waals surface area contributed by atoms with Crippen molar-refractivity contribution in [2.45, 2.75) is 58.2 Å². The second kappa shape index (κ2) is 5.21. The number of hydrogen-bond donors (Lipinski definition) is 0. The van der Waals surface area contributed by atoms with Crippen LogP contribution in [0.1, 0.15) is 41.5 Å². The highest BCUT2D eigenvalue weighted by Gasteiger charge is 2.48. The summed E-state index contributed by atoms with van der Waals surface area (Å²) in [7, 11) is -1.67. The van der Waals surface area contributed by atoms with Crippen molar-refractivity contribution in [2.24, 2.45) is 0 Å². The number of hydrogen-bond acceptors (Lipinski definition) is 2. The smallest absolute Gasteiger partial charge is 0.168 e. The van der Waals surface area contributed by atoms with E-state index in [2.05, 4.69) is 69.1 Å². The fraction of sp³-hybridized carbons (Fsp3) is 0.750. The summed E-state index contributed by atoms with van der Waals surface area (Å²) in [5.74, 6) is 0. The largest absolute Gasteiger partial charge is 0.453 e. The lowest BCUT2D eigenvalue weighted by Crippen LogP contribution is -2.56. The topological polar surface area (TPSA) is 26.0 Å². The normalized spacial score (nSPS) is 13.1. The molecule has 0 saturated heterocycles. The maximum Gasteiger partial charge on any atom is 0.168 e. The second-order valence-corrected chi connectivity index (χ2v) is 12.2. The average Bonchev–Trinajstić information content (AvgIpc) is 2.50. The highest BCUT2D eigenvalue weighted by molar-refractivity contribution is 14.1. The second-order valence-electron chi connectivity index (χ2n) is 5.37. The maximum absolute atomic E-state index is 5.76. The molecule has 4 heteroatoms. The first-order chi connectivity index (χ1) is 7.33. The van der Waals surface area contributed by atoms with Crippen molar-refractivity contribution in [3.63, 3.8) is 0 Å². The Morgan fingerprint density at radius 2 is 1.50 bits per heavy atom. The molecule has 0 aromatic carbocycles. The fourth-order valence-corrected chi connectivity index (χ4v) is 9.83. The van der Waals surface area contributed by atoms with Crippen molar-refractivity contribution < 1.29 is 4.42 Å². The van der Waals surface area contributed by atoms with Gasteiger partial charge >= 0.3 is 0 Å². The first-order valence-corrected chi connectivity index (χ1v) is 9.26. The molecule has 16 heavy (non-hydrogen) atoms. The van der Waals surface area contributed by atoms with Gasteiger partial charge in [0.1, 0.15) is 9.96 Å². The van der Waals surface area contributed by atoms with E-state index in [0.29, 0.717) is 16.6 Å². The molecule has 1 aromatic rings. The minimum atomic E-state index is -1.67. The predicted molar refractivity (Wildman–Crippen MR) is 79.9 cm³/mol. The molecule has 0 atom stereocenters. The van der Waals surface area contributed by atoms with Crippen LogP contribution in [0.5, 0.6) is 0 Å². The molecule has 1 rings (SSSR count).